The van der Waals surface area contributed by atoms with Gasteiger partial charge in [-0.3, -0.25) is 4.79 Å². The quantitative estimate of drug-likeness (QED) is 0.812. The molecule has 0 atom stereocenters. The number of hydrogen-bond acceptors (Lipinski definition) is 5. The molecule has 1 aliphatic heterocycles. The zero-order valence-corrected chi connectivity index (χ0v) is 10.9. The molecule has 0 spiro atoms. The summed E-state index contributed by atoms with van der Waals surface area (Å²) in [5.74, 6) is 2.64. The highest BCUT2D eigenvalue weighted by molar-refractivity contribution is 5.77. The van der Waals surface area contributed by atoms with E-state index in [1.807, 2.05) is 20.0 Å². The number of carbonyl (C=O) groups excluding carboxylic acids is 1. The lowest BCUT2D eigenvalue weighted by atomic mass is 10.3. The summed E-state index contributed by atoms with van der Waals surface area (Å²) in [6.45, 7) is 4.19. The van der Waals surface area contributed by atoms with E-state index in [0.29, 0.717) is 19.5 Å². The van der Waals surface area contributed by atoms with Crippen molar-refractivity contribution in [3.8, 4) is 0 Å². The highest BCUT2D eigenvalue weighted by Crippen LogP contribution is 2.17. The molecule has 1 saturated heterocycles. The second-order valence-corrected chi connectivity index (χ2v) is 4.22. The fourth-order valence-corrected chi connectivity index (χ4v) is 1.93. The second kappa shape index (κ2) is 5.66. The minimum absolute atomic E-state index is 0.108. The third kappa shape index (κ3) is 2.88. The van der Waals surface area contributed by atoms with Gasteiger partial charge in [0.25, 0.3) is 0 Å². The van der Waals surface area contributed by atoms with Gasteiger partial charge in [-0.25, -0.2) is 9.97 Å². The topological polar surface area (TPSA) is 70.2 Å². The smallest absolute Gasteiger partial charge is 0.221 e. The van der Waals surface area contributed by atoms with E-state index in [9.17, 15) is 4.79 Å². The van der Waals surface area contributed by atoms with Gasteiger partial charge in [-0.1, -0.05) is 6.92 Å². The Labute approximate surface area is 107 Å². The Bertz CT molecular complexity index is 412. The van der Waals surface area contributed by atoms with Crippen molar-refractivity contribution < 1.29 is 4.79 Å². The van der Waals surface area contributed by atoms with Crippen molar-refractivity contribution in [2.24, 2.45) is 0 Å². The minimum Gasteiger partial charge on any atom is -0.373 e. The van der Waals surface area contributed by atoms with Gasteiger partial charge >= 0.3 is 0 Å². The van der Waals surface area contributed by atoms with Crippen LogP contribution in [0, 0.1) is 0 Å². The molecule has 0 saturated carbocycles. The van der Waals surface area contributed by atoms with Crippen LogP contribution in [-0.4, -0.2) is 42.6 Å². The fraction of sp³-hybridized carbons (Fsp3) is 0.583. The number of amides is 1. The number of anilines is 2. The van der Waals surface area contributed by atoms with Crippen LogP contribution in [-0.2, 0) is 11.2 Å². The molecule has 1 amide bonds. The number of rotatable bonds is 3. The lowest BCUT2D eigenvalue weighted by molar-refractivity contribution is -0.120. The SMILES string of the molecule is CCc1nc(NC)cc(N2CCNC(=O)CC2)n1. The zero-order chi connectivity index (χ0) is 13.0. The predicted octanol–water partition coefficient (Wildman–Crippen LogP) is 0.407. The number of nitrogens with one attached hydrogen (secondary N) is 2. The van der Waals surface area contributed by atoms with Gasteiger partial charge in [0.15, 0.2) is 0 Å². The Morgan fingerprint density at radius 2 is 2.28 bits per heavy atom. The molecule has 98 valence electrons. The van der Waals surface area contributed by atoms with Gasteiger partial charge in [0.1, 0.15) is 17.5 Å². The third-order valence-electron chi connectivity index (χ3n) is 2.97. The van der Waals surface area contributed by atoms with Gasteiger partial charge < -0.3 is 15.5 Å². The standard InChI is InChI=1S/C12H19N5O/c1-3-9-15-10(13-2)8-11(16-9)17-6-4-12(18)14-5-7-17/h8H,3-7H2,1-2H3,(H,14,18)(H,13,15,16). The second-order valence-electron chi connectivity index (χ2n) is 4.22. The predicted molar refractivity (Wildman–Crippen MR) is 70.8 cm³/mol. The number of nitrogens with zero attached hydrogens (tertiary/aromatic N) is 3. The van der Waals surface area contributed by atoms with E-state index in [0.717, 1.165) is 30.4 Å². The molecule has 6 nitrogen and oxygen atoms in total. The molecular formula is C12H19N5O. The molecule has 0 bridgehead atoms. The van der Waals surface area contributed by atoms with Crippen LogP contribution in [0.25, 0.3) is 0 Å². The van der Waals surface area contributed by atoms with Crippen molar-refractivity contribution in [3.63, 3.8) is 0 Å². The van der Waals surface area contributed by atoms with E-state index in [1.54, 1.807) is 0 Å². The Morgan fingerprint density at radius 3 is 3.00 bits per heavy atom. The van der Waals surface area contributed by atoms with Crippen LogP contribution in [0.1, 0.15) is 19.2 Å². The summed E-state index contributed by atoms with van der Waals surface area (Å²) in [4.78, 5) is 22.3. The summed E-state index contributed by atoms with van der Waals surface area (Å²) < 4.78 is 0. The first kappa shape index (κ1) is 12.6. The average Bonchev–Trinajstić information content (AvgIpc) is 2.63. The maximum Gasteiger partial charge on any atom is 0.221 e. The molecule has 18 heavy (non-hydrogen) atoms. The monoisotopic (exact) mass is 249 g/mol. The fourth-order valence-electron chi connectivity index (χ4n) is 1.93. The van der Waals surface area contributed by atoms with Crippen molar-refractivity contribution in [1.82, 2.24) is 15.3 Å². The molecule has 0 unspecified atom stereocenters. The lowest BCUT2D eigenvalue weighted by Crippen LogP contribution is -2.29. The van der Waals surface area contributed by atoms with E-state index in [4.69, 9.17) is 0 Å². The molecule has 1 aromatic rings. The molecule has 1 fully saturated rings. The first-order valence-electron chi connectivity index (χ1n) is 6.30. The van der Waals surface area contributed by atoms with E-state index in [2.05, 4.69) is 25.5 Å². The summed E-state index contributed by atoms with van der Waals surface area (Å²) >= 11 is 0. The van der Waals surface area contributed by atoms with Crippen LogP contribution < -0.4 is 15.5 Å². The first-order valence-corrected chi connectivity index (χ1v) is 6.30. The van der Waals surface area contributed by atoms with Gasteiger partial charge in [0, 0.05) is 45.6 Å². The number of hydrogen-bond donors (Lipinski definition) is 2. The molecule has 0 radical (unpaired) electrons. The molecule has 2 rings (SSSR count). The van der Waals surface area contributed by atoms with Gasteiger partial charge in [-0.05, 0) is 0 Å². The van der Waals surface area contributed by atoms with Gasteiger partial charge in [-0.15, -0.1) is 0 Å². The van der Waals surface area contributed by atoms with Crippen LogP contribution in [0.3, 0.4) is 0 Å². The Balaban J connectivity index is 2.22. The molecule has 6 heteroatoms. The lowest BCUT2D eigenvalue weighted by Gasteiger charge is -2.21. The Hall–Kier alpha value is -1.85. The van der Waals surface area contributed by atoms with E-state index >= 15 is 0 Å². The highest BCUT2D eigenvalue weighted by atomic mass is 16.1. The van der Waals surface area contributed by atoms with E-state index < -0.39 is 0 Å². The number of aryl methyl sites for hydroxylation is 1. The average molecular weight is 249 g/mol. The molecule has 0 aromatic carbocycles. The number of aromatic nitrogens is 2. The minimum atomic E-state index is 0.108. The molecule has 1 aliphatic rings. The van der Waals surface area contributed by atoms with Crippen molar-refractivity contribution in [3.05, 3.63) is 11.9 Å². The van der Waals surface area contributed by atoms with Gasteiger partial charge in [-0.2, -0.15) is 0 Å². The highest BCUT2D eigenvalue weighted by Gasteiger charge is 2.16. The summed E-state index contributed by atoms with van der Waals surface area (Å²) in [5, 5.41) is 5.91. The zero-order valence-electron chi connectivity index (χ0n) is 10.9. The maximum atomic E-state index is 11.3. The summed E-state index contributed by atoms with van der Waals surface area (Å²) in [5.41, 5.74) is 0. The number of carbonyl (C=O) groups is 1. The molecule has 2 heterocycles. The maximum absolute atomic E-state index is 11.3. The van der Waals surface area contributed by atoms with Crippen LogP contribution in [0.4, 0.5) is 11.6 Å². The summed E-state index contributed by atoms with van der Waals surface area (Å²) in [7, 11) is 1.85. The first-order chi connectivity index (χ1) is 8.72. The molecular weight excluding hydrogens is 230 g/mol. The van der Waals surface area contributed by atoms with Gasteiger partial charge in [0.05, 0.1) is 0 Å². The Morgan fingerprint density at radius 1 is 1.44 bits per heavy atom. The van der Waals surface area contributed by atoms with Crippen molar-refractivity contribution in [2.45, 2.75) is 19.8 Å². The van der Waals surface area contributed by atoms with E-state index in [-0.39, 0.29) is 5.91 Å². The van der Waals surface area contributed by atoms with Crippen LogP contribution >= 0.6 is 0 Å². The van der Waals surface area contributed by atoms with Crippen LogP contribution in [0.5, 0.6) is 0 Å². The van der Waals surface area contributed by atoms with Crippen molar-refractivity contribution in [2.75, 3.05) is 36.9 Å². The van der Waals surface area contributed by atoms with Crippen molar-refractivity contribution >= 4 is 17.5 Å². The van der Waals surface area contributed by atoms with Crippen LogP contribution in [0.2, 0.25) is 0 Å². The summed E-state index contributed by atoms with van der Waals surface area (Å²) in [6, 6.07) is 1.93. The Kier molecular flexibility index (Phi) is 3.96. The van der Waals surface area contributed by atoms with Crippen molar-refractivity contribution in [1.29, 1.82) is 0 Å². The molecule has 2 N–H and O–H groups in total. The molecule has 0 aliphatic carbocycles. The normalized spacial score (nSPS) is 16.1. The summed E-state index contributed by atoms with van der Waals surface area (Å²) in [6.07, 6.45) is 1.31. The molecule has 1 aromatic heterocycles. The van der Waals surface area contributed by atoms with E-state index in [1.165, 1.54) is 0 Å². The third-order valence-corrected chi connectivity index (χ3v) is 2.97. The largest absolute Gasteiger partial charge is 0.373 e. The van der Waals surface area contributed by atoms with Crippen LogP contribution in [0.15, 0.2) is 6.07 Å². The van der Waals surface area contributed by atoms with Gasteiger partial charge in [0.2, 0.25) is 5.91 Å².